The zero-order chi connectivity index (χ0) is 39.6. The Morgan fingerprint density at radius 3 is 1.25 bits per heavy atom. The van der Waals surface area contributed by atoms with Crippen LogP contribution in [0.3, 0.4) is 0 Å². The lowest BCUT2D eigenvalue weighted by atomic mass is 9.67. The van der Waals surface area contributed by atoms with E-state index in [2.05, 4.69) is 243 Å². The van der Waals surface area contributed by atoms with E-state index in [9.17, 15) is 0 Å². The normalized spacial score (nSPS) is 13.9. The van der Waals surface area contributed by atoms with Gasteiger partial charge in [-0.2, -0.15) is 0 Å². The van der Waals surface area contributed by atoms with Gasteiger partial charge in [0.2, 0.25) is 0 Å². The number of rotatable bonds is 7. The number of anilines is 3. The van der Waals surface area contributed by atoms with Gasteiger partial charge in [0.15, 0.2) is 0 Å². The highest BCUT2D eigenvalue weighted by atomic mass is 15.1. The van der Waals surface area contributed by atoms with Gasteiger partial charge < -0.3 is 4.90 Å². The molecule has 0 bridgehead atoms. The molecular formula is C58H43N. The van der Waals surface area contributed by atoms with E-state index in [0.717, 1.165) is 17.1 Å². The van der Waals surface area contributed by atoms with Crippen LogP contribution in [0.1, 0.15) is 47.2 Å². The Labute approximate surface area is 347 Å². The molecule has 1 heteroatoms. The molecule has 0 heterocycles. The number of fused-ring (bicyclic) bond motifs is 6. The first-order valence-corrected chi connectivity index (χ1v) is 20.7. The van der Waals surface area contributed by atoms with E-state index in [1.165, 1.54) is 77.9 Å². The van der Waals surface area contributed by atoms with Gasteiger partial charge in [-0.3, -0.25) is 0 Å². The van der Waals surface area contributed by atoms with Crippen LogP contribution in [0.25, 0.3) is 44.5 Å². The minimum atomic E-state index is -0.497. The highest BCUT2D eigenvalue weighted by molar-refractivity contribution is 5.91. The summed E-state index contributed by atoms with van der Waals surface area (Å²) in [6.07, 6.45) is 0. The topological polar surface area (TPSA) is 3.24 Å². The minimum Gasteiger partial charge on any atom is -0.310 e. The van der Waals surface area contributed by atoms with Crippen molar-refractivity contribution in [1.29, 1.82) is 0 Å². The summed E-state index contributed by atoms with van der Waals surface area (Å²) >= 11 is 0. The highest BCUT2D eigenvalue weighted by Gasteiger charge is 2.46. The summed E-state index contributed by atoms with van der Waals surface area (Å²) in [5.41, 5.74) is 20.7. The maximum atomic E-state index is 2.47. The summed E-state index contributed by atoms with van der Waals surface area (Å²) in [6, 6.07) is 82.9. The highest BCUT2D eigenvalue weighted by Crippen LogP contribution is 2.58. The Bertz CT molecular complexity index is 2960. The van der Waals surface area contributed by atoms with Gasteiger partial charge in [-0.25, -0.2) is 0 Å². The van der Waals surface area contributed by atoms with Gasteiger partial charge in [0.05, 0.1) is 5.41 Å². The molecular weight excluding hydrogens is 711 g/mol. The predicted molar refractivity (Wildman–Crippen MR) is 247 cm³/mol. The summed E-state index contributed by atoms with van der Waals surface area (Å²) in [7, 11) is 0. The SMILES string of the molecule is CC1(C)c2ccccc2-c2ccc(N(c3ccc(-c4ccccc4-c4ccccc4)cc3)c3ccc4c(c3)C(c3ccccc3)(c3ccccc3)c3ccccc3-4)cc21. The monoisotopic (exact) mass is 753 g/mol. The van der Waals surface area contributed by atoms with E-state index in [4.69, 9.17) is 0 Å². The summed E-state index contributed by atoms with van der Waals surface area (Å²) in [4.78, 5) is 2.47. The first kappa shape index (κ1) is 35.0. The van der Waals surface area contributed by atoms with Crippen LogP contribution in [0, 0.1) is 0 Å². The molecule has 0 atom stereocenters. The largest absolute Gasteiger partial charge is 0.310 e. The summed E-state index contributed by atoms with van der Waals surface area (Å²) in [6.45, 7) is 4.73. The van der Waals surface area contributed by atoms with Crippen molar-refractivity contribution in [3.05, 3.63) is 258 Å². The van der Waals surface area contributed by atoms with Crippen LogP contribution in [0.15, 0.2) is 224 Å². The maximum Gasteiger partial charge on any atom is 0.0714 e. The maximum absolute atomic E-state index is 2.47. The standard InChI is InChI=1S/C58H43N/c1-57(2)53-28-16-14-26-49(53)51-36-34-45(38-55(51)57)59(44-32-30-41(31-33-44)48-25-13-12-24-47(48)40-18-6-3-7-19-40)46-35-37-52-50-27-15-17-29-54(50)58(56(52)39-46,42-20-8-4-9-21-42)43-22-10-5-11-23-43/h3-39H,1-2H3. The van der Waals surface area contributed by atoms with Crippen molar-refractivity contribution in [1.82, 2.24) is 0 Å². The first-order valence-electron chi connectivity index (χ1n) is 20.7. The van der Waals surface area contributed by atoms with Crippen molar-refractivity contribution in [2.45, 2.75) is 24.7 Å². The van der Waals surface area contributed by atoms with Crippen LogP contribution in [0.2, 0.25) is 0 Å². The molecule has 0 spiro atoms. The Morgan fingerprint density at radius 1 is 0.288 bits per heavy atom. The molecule has 0 saturated carbocycles. The summed E-state index contributed by atoms with van der Waals surface area (Å²) < 4.78 is 0. The van der Waals surface area contributed by atoms with Crippen molar-refractivity contribution < 1.29 is 0 Å². The van der Waals surface area contributed by atoms with E-state index >= 15 is 0 Å². The smallest absolute Gasteiger partial charge is 0.0714 e. The molecule has 2 aliphatic carbocycles. The van der Waals surface area contributed by atoms with Crippen LogP contribution in [-0.2, 0) is 10.8 Å². The molecule has 59 heavy (non-hydrogen) atoms. The fourth-order valence-corrected chi connectivity index (χ4v) is 10.2. The van der Waals surface area contributed by atoms with E-state index in [1.54, 1.807) is 0 Å². The quantitative estimate of drug-likeness (QED) is 0.157. The van der Waals surface area contributed by atoms with E-state index in [-0.39, 0.29) is 5.41 Å². The van der Waals surface area contributed by atoms with Crippen LogP contribution >= 0.6 is 0 Å². The zero-order valence-electron chi connectivity index (χ0n) is 33.3. The van der Waals surface area contributed by atoms with Gasteiger partial charge in [-0.15, -0.1) is 0 Å². The molecule has 11 rings (SSSR count). The molecule has 9 aromatic rings. The average Bonchev–Trinajstić information content (AvgIpc) is 3.73. The van der Waals surface area contributed by atoms with Crippen LogP contribution in [0.4, 0.5) is 17.1 Å². The fourth-order valence-electron chi connectivity index (χ4n) is 10.2. The molecule has 280 valence electrons. The predicted octanol–water partition coefficient (Wildman–Crippen LogP) is 15.2. The van der Waals surface area contributed by atoms with Crippen molar-refractivity contribution in [3.63, 3.8) is 0 Å². The Kier molecular flexibility index (Phi) is 8.13. The molecule has 1 nitrogen and oxygen atoms in total. The van der Waals surface area contributed by atoms with E-state index < -0.39 is 5.41 Å². The lowest BCUT2D eigenvalue weighted by molar-refractivity contribution is 0.660. The second-order valence-corrected chi connectivity index (χ2v) is 16.5. The second kappa shape index (κ2) is 13.7. The third kappa shape index (κ3) is 5.39. The molecule has 0 N–H and O–H groups in total. The second-order valence-electron chi connectivity index (χ2n) is 16.5. The molecule has 0 saturated heterocycles. The lowest BCUT2D eigenvalue weighted by Gasteiger charge is -2.35. The average molecular weight is 754 g/mol. The van der Waals surface area contributed by atoms with Crippen molar-refractivity contribution in [2.75, 3.05) is 4.90 Å². The molecule has 0 amide bonds. The molecule has 9 aromatic carbocycles. The third-order valence-corrected chi connectivity index (χ3v) is 13.0. The first-order chi connectivity index (χ1) is 29.0. The zero-order valence-corrected chi connectivity index (χ0v) is 33.3. The molecule has 2 aliphatic rings. The lowest BCUT2D eigenvalue weighted by Crippen LogP contribution is -2.28. The van der Waals surface area contributed by atoms with E-state index in [1.807, 2.05) is 0 Å². The number of benzene rings is 9. The van der Waals surface area contributed by atoms with Gasteiger partial charge >= 0.3 is 0 Å². The minimum absolute atomic E-state index is 0.131. The van der Waals surface area contributed by atoms with Gasteiger partial charge in [0.25, 0.3) is 0 Å². The van der Waals surface area contributed by atoms with Crippen LogP contribution in [0.5, 0.6) is 0 Å². The Hall–Kier alpha value is -7.22. The molecule has 0 aromatic heterocycles. The number of hydrogen-bond acceptors (Lipinski definition) is 1. The summed E-state index contributed by atoms with van der Waals surface area (Å²) in [5.74, 6) is 0. The van der Waals surface area contributed by atoms with Gasteiger partial charge in [0.1, 0.15) is 0 Å². The molecule has 0 fully saturated rings. The fraction of sp³-hybridized carbons (Fsp3) is 0.0690. The molecule has 0 unspecified atom stereocenters. The van der Waals surface area contributed by atoms with Crippen molar-refractivity contribution in [2.24, 2.45) is 0 Å². The van der Waals surface area contributed by atoms with Gasteiger partial charge in [0, 0.05) is 22.5 Å². The van der Waals surface area contributed by atoms with Crippen LogP contribution < -0.4 is 4.90 Å². The van der Waals surface area contributed by atoms with E-state index in [0.29, 0.717) is 0 Å². The number of hydrogen-bond donors (Lipinski definition) is 0. The Balaban J connectivity index is 1.13. The van der Waals surface area contributed by atoms with Crippen LogP contribution in [-0.4, -0.2) is 0 Å². The van der Waals surface area contributed by atoms with Gasteiger partial charge in [-0.05, 0) is 114 Å². The summed E-state index contributed by atoms with van der Waals surface area (Å²) in [5, 5.41) is 0. The Morgan fingerprint density at radius 2 is 0.678 bits per heavy atom. The third-order valence-electron chi connectivity index (χ3n) is 13.0. The van der Waals surface area contributed by atoms with Crippen molar-refractivity contribution >= 4 is 17.1 Å². The molecule has 0 radical (unpaired) electrons. The molecule has 0 aliphatic heterocycles. The van der Waals surface area contributed by atoms with Crippen molar-refractivity contribution in [3.8, 4) is 44.5 Å². The number of nitrogens with zero attached hydrogens (tertiary/aromatic N) is 1. The van der Waals surface area contributed by atoms with Gasteiger partial charge in [-0.1, -0.05) is 202 Å².